The average Bonchev–Trinajstić information content (AvgIpc) is 3.19. The Bertz CT molecular complexity index is 2000. The summed E-state index contributed by atoms with van der Waals surface area (Å²) in [7, 11) is -12.8. The molecule has 0 atom stereocenters. The molecule has 0 unspecified atom stereocenters. The lowest BCUT2D eigenvalue weighted by molar-refractivity contribution is -0.129. The second-order valence-electron chi connectivity index (χ2n) is 11.9. The van der Waals surface area contributed by atoms with Crippen LogP contribution in [0.4, 0.5) is 0 Å². The molecule has 0 saturated heterocycles. The molecular formula is C41H38NO10P3. The van der Waals surface area contributed by atoms with Crippen molar-refractivity contribution in [2.24, 2.45) is 0 Å². The van der Waals surface area contributed by atoms with Gasteiger partial charge in [-0.05, 0) is 72.8 Å². The van der Waals surface area contributed by atoms with Gasteiger partial charge < -0.3 is 32.0 Å². The van der Waals surface area contributed by atoms with Crippen LogP contribution in [0.15, 0.2) is 182 Å². The number of nitrogens with zero attached hydrogens (tertiary/aromatic N) is 1. The quantitative estimate of drug-likeness (QED) is 0.0731. The number of carbonyl (C=O) groups is 1. The Morgan fingerprint density at radius 2 is 0.582 bits per heavy atom. The molecule has 0 N–H and O–H groups in total. The van der Waals surface area contributed by atoms with Crippen molar-refractivity contribution in [3.63, 3.8) is 0 Å². The van der Waals surface area contributed by atoms with Crippen LogP contribution in [0.25, 0.3) is 0 Å². The molecule has 1 amide bonds. The summed E-state index contributed by atoms with van der Waals surface area (Å²) in [6, 6.07) is 50.2. The van der Waals surface area contributed by atoms with E-state index in [0.29, 0.717) is 0 Å². The molecule has 11 nitrogen and oxygen atoms in total. The van der Waals surface area contributed by atoms with E-state index in [-0.39, 0.29) is 34.5 Å². The molecule has 0 fully saturated rings. The van der Waals surface area contributed by atoms with Crippen molar-refractivity contribution in [1.29, 1.82) is 0 Å². The predicted octanol–water partition coefficient (Wildman–Crippen LogP) is 11.2. The summed E-state index contributed by atoms with van der Waals surface area (Å²) in [6.07, 6.45) is -2.30. The third kappa shape index (κ3) is 12.1. The highest BCUT2D eigenvalue weighted by atomic mass is 31.2. The fourth-order valence-electron chi connectivity index (χ4n) is 5.13. The van der Waals surface area contributed by atoms with Gasteiger partial charge in [-0.25, -0.2) is 13.7 Å². The zero-order chi connectivity index (χ0) is 38.4. The van der Waals surface area contributed by atoms with E-state index >= 15 is 0 Å². The van der Waals surface area contributed by atoms with Crippen LogP contribution in [-0.4, -0.2) is 29.5 Å². The van der Waals surface area contributed by atoms with Crippen LogP contribution in [0.2, 0.25) is 0 Å². The maximum Gasteiger partial charge on any atom is 0.450 e. The summed E-state index contributed by atoms with van der Waals surface area (Å²) >= 11 is 0. The van der Waals surface area contributed by atoms with E-state index in [1.807, 2.05) is 0 Å². The molecule has 0 spiro atoms. The van der Waals surface area contributed by atoms with Crippen molar-refractivity contribution in [3.8, 4) is 34.5 Å². The van der Waals surface area contributed by atoms with Gasteiger partial charge in [-0.2, -0.15) is 0 Å². The van der Waals surface area contributed by atoms with Crippen molar-refractivity contribution in [3.05, 3.63) is 182 Å². The van der Waals surface area contributed by atoms with E-state index in [1.165, 1.54) is 0 Å². The topological polar surface area (TPSA) is 127 Å². The summed E-state index contributed by atoms with van der Waals surface area (Å²) in [5.74, 6) is 0.604. The normalized spacial score (nSPS) is 11.5. The lowest BCUT2D eigenvalue weighted by Crippen LogP contribution is -2.36. The minimum absolute atomic E-state index is 0.204. The Morgan fingerprint density at radius 3 is 0.818 bits per heavy atom. The lowest BCUT2D eigenvalue weighted by Gasteiger charge is -2.30. The molecule has 0 aliphatic heterocycles. The molecule has 0 radical (unpaired) electrons. The van der Waals surface area contributed by atoms with Crippen molar-refractivity contribution in [2.45, 2.75) is 6.42 Å². The van der Waals surface area contributed by atoms with Crippen LogP contribution >= 0.6 is 22.8 Å². The highest BCUT2D eigenvalue weighted by Crippen LogP contribution is 2.54. The molecule has 0 saturated carbocycles. The van der Waals surface area contributed by atoms with Gasteiger partial charge in [-0.1, -0.05) is 109 Å². The summed E-state index contributed by atoms with van der Waals surface area (Å²) in [4.78, 5) is 15.5. The Kier molecular flexibility index (Phi) is 13.1. The lowest BCUT2D eigenvalue weighted by atomic mass is 10.3. The van der Waals surface area contributed by atoms with Gasteiger partial charge in [0.15, 0.2) is 0 Å². The standard InChI is InChI=1S/C41H38NO10P3/c43-41(31-32-53(44,47-35-19-7-1-8-20-35)48-36-21-9-2-10-22-36)42(33-54(45,49-37-23-11-3-12-24-37)50-38-25-13-4-14-26-38)34-55(46,51-39-27-15-5-16-28-39)52-40-29-17-6-18-30-40/h1-30H,31-34H2. The zero-order valence-electron chi connectivity index (χ0n) is 29.5. The maximum absolute atomic E-state index is 14.8. The van der Waals surface area contributed by atoms with Crippen molar-refractivity contribution in [2.75, 3.05) is 18.7 Å². The molecule has 0 aliphatic carbocycles. The van der Waals surface area contributed by atoms with Crippen molar-refractivity contribution >= 4 is 28.7 Å². The van der Waals surface area contributed by atoms with Crippen LogP contribution < -0.4 is 27.1 Å². The first-order valence-corrected chi connectivity index (χ1v) is 22.4. The van der Waals surface area contributed by atoms with E-state index in [9.17, 15) is 18.5 Å². The highest BCUT2D eigenvalue weighted by Gasteiger charge is 2.41. The van der Waals surface area contributed by atoms with Gasteiger partial charge in [-0.3, -0.25) is 4.79 Å². The van der Waals surface area contributed by atoms with Crippen LogP contribution in [-0.2, 0) is 18.5 Å². The number of para-hydroxylation sites is 6. The minimum atomic E-state index is -4.36. The summed E-state index contributed by atoms with van der Waals surface area (Å²) in [5.41, 5.74) is 0. The summed E-state index contributed by atoms with van der Waals surface area (Å²) in [5, 5.41) is 0. The van der Waals surface area contributed by atoms with E-state index in [1.54, 1.807) is 182 Å². The molecule has 55 heavy (non-hydrogen) atoms. The Morgan fingerprint density at radius 1 is 0.364 bits per heavy atom. The van der Waals surface area contributed by atoms with Gasteiger partial charge in [0, 0.05) is 6.42 Å². The first kappa shape index (κ1) is 39.0. The van der Waals surface area contributed by atoms with Crippen molar-refractivity contribution in [1.82, 2.24) is 4.90 Å². The molecule has 6 aromatic carbocycles. The summed E-state index contributed by atoms with van der Waals surface area (Å²) < 4.78 is 79.9. The zero-order valence-corrected chi connectivity index (χ0v) is 32.2. The predicted molar refractivity (Wildman–Crippen MR) is 211 cm³/mol. The Labute approximate surface area is 320 Å². The molecule has 0 bridgehead atoms. The van der Waals surface area contributed by atoms with Gasteiger partial charge in [0.25, 0.3) is 0 Å². The first-order valence-electron chi connectivity index (χ1n) is 17.2. The summed E-state index contributed by atoms with van der Waals surface area (Å²) in [6.45, 7) is 0. The van der Waals surface area contributed by atoms with Gasteiger partial charge in [-0.15, -0.1) is 0 Å². The van der Waals surface area contributed by atoms with Crippen molar-refractivity contribution < 1.29 is 45.6 Å². The number of carbonyl (C=O) groups excluding carboxylic acids is 1. The SMILES string of the molecule is O=C(CCP(=O)(Oc1ccccc1)Oc1ccccc1)N(CP(=O)(Oc1ccccc1)Oc1ccccc1)CP(=O)(Oc1ccccc1)Oc1ccccc1. The molecule has 6 rings (SSSR count). The number of hydrogen-bond acceptors (Lipinski definition) is 10. The van der Waals surface area contributed by atoms with Crippen LogP contribution in [0, 0.1) is 0 Å². The molecule has 0 heterocycles. The minimum Gasteiger partial charge on any atom is -0.416 e. The van der Waals surface area contributed by atoms with E-state index in [4.69, 9.17) is 27.1 Å². The molecule has 0 aromatic heterocycles. The number of rotatable bonds is 19. The third-order valence-corrected chi connectivity index (χ3v) is 12.6. The second kappa shape index (κ2) is 18.5. The third-order valence-electron chi connectivity index (χ3n) is 7.57. The van der Waals surface area contributed by atoms with Gasteiger partial charge in [0.1, 0.15) is 47.1 Å². The molecule has 282 valence electrons. The van der Waals surface area contributed by atoms with E-state index in [2.05, 4.69) is 0 Å². The number of hydrogen-bond donors (Lipinski definition) is 0. The van der Waals surface area contributed by atoms with E-state index in [0.717, 1.165) is 4.90 Å². The first-order chi connectivity index (χ1) is 26.7. The maximum atomic E-state index is 14.8. The second-order valence-corrected chi connectivity index (χ2v) is 17.7. The molecular weight excluding hydrogens is 759 g/mol. The Hall–Kier alpha value is -5.72. The van der Waals surface area contributed by atoms with Gasteiger partial charge in [0.05, 0.1) is 6.16 Å². The smallest absolute Gasteiger partial charge is 0.416 e. The van der Waals surface area contributed by atoms with Gasteiger partial charge >= 0.3 is 22.8 Å². The average molecular weight is 798 g/mol. The van der Waals surface area contributed by atoms with Crippen LogP contribution in [0.5, 0.6) is 34.5 Å². The van der Waals surface area contributed by atoms with Crippen LogP contribution in [0.3, 0.4) is 0 Å². The highest BCUT2D eigenvalue weighted by molar-refractivity contribution is 7.56. The molecule has 14 heteroatoms. The van der Waals surface area contributed by atoms with Gasteiger partial charge in [0.2, 0.25) is 5.91 Å². The molecule has 6 aromatic rings. The molecule has 0 aliphatic rings. The largest absolute Gasteiger partial charge is 0.450 e. The van der Waals surface area contributed by atoms with E-state index < -0.39 is 53.8 Å². The monoisotopic (exact) mass is 797 g/mol. The van der Waals surface area contributed by atoms with Crippen LogP contribution in [0.1, 0.15) is 6.42 Å². The fourth-order valence-corrected chi connectivity index (χ4v) is 10.3. The number of benzene rings is 6. The fraction of sp³-hybridized carbons (Fsp3) is 0.0976. The Balaban J connectivity index is 1.35. The number of amides is 1.